The molecule has 0 amide bonds. The highest BCUT2D eigenvalue weighted by molar-refractivity contribution is 7.99. The lowest BCUT2D eigenvalue weighted by molar-refractivity contribution is 1.10. The van der Waals surface area contributed by atoms with Gasteiger partial charge in [-0.25, -0.2) is 0 Å². The molecule has 0 radical (unpaired) electrons. The van der Waals surface area contributed by atoms with Gasteiger partial charge in [-0.05, 0) is 23.8 Å². The van der Waals surface area contributed by atoms with Crippen LogP contribution in [0.5, 0.6) is 0 Å². The maximum absolute atomic E-state index is 3.79. The van der Waals surface area contributed by atoms with Crippen LogP contribution in [0.3, 0.4) is 0 Å². The molecule has 0 aliphatic rings. The van der Waals surface area contributed by atoms with Gasteiger partial charge in [0.15, 0.2) is 0 Å². The topological polar surface area (TPSA) is 0 Å². The highest BCUT2D eigenvalue weighted by Gasteiger charge is 1.96. The second kappa shape index (κ2) is 5.04. The molecule has 0 nitrogen and oxygen atoms in total. The lowest BCUT2D eigenvalue weighted by atomic mass is 10.2. The van der Waals surface area contributed by atoms with E-state index >= 15 is 0 Å². The Hall–Kier alpha value is -0.690. The fourth-order valence-corrected chi connectivity index (χ4v) is 1.91. The lowest BCUT2D eigenvalue weighted by Crippen LogP contribution is -1.80. The van der Waals surface area contributed by atoms with Crippen LogP contribution in [0.2, 0.25) is 0 Å². The predicted molar refractivity (Wildman–Crippen MR) is 57.5 cm³/mol. The largest absolute Gasteiger partial charge is 0.126 e. The third-order valence-electron chi connectivity index (χ3n) is 1.60. The molecule has 12 heavy (non-hydrogen) atoms. The zero-order valence-electron chi connectivity index (χ0n) is 7.42. The second-order valence-electron chi connectivity index (χ2n) is 2.59. The summed E-state index contributed by atoms with van der Waals surface area (Å²) >= 11 is 1.90. The Balaban J connectivity index is 2.75. The van der Waals surface area contributed by atoms with Gasteiger partial charge in [0.2, 0.25) is 0 Å². The van der Waals surface area contributed by atoms with E-state index in [4.69, 9.17) is 0 Å². The third-order valence-corrected chi connectivity index (χ3v) is 2.90. The fourth-order valence-electron chi connectivity index (χ4n) is 0.993. The third kappa shape index (κ3) is 2.42. The van der Waals surface area contributed by atoms with Gasteiger partial charge in [0, 0.05) is 4.90 Å². The summed E-state index contributed by atoms with van der Waals surface area (Å²) in [6.45, 7) is 5.98. The van der Waals surface area contributed by atoms with Crippen LogP contribution in [0.1, 0.15) is 18.9 Å². The number of thioether (sulfide) groups is 1. The summed E-state index contributed by atoms with van der Waals surface area (Å²) in [5.41, 5.74) is 1.25. The first kappa shape index (κ1) is 9.40. The van der Waals surface area contributed by atoms with Crippen molar-refractivity contribution in [2.24, 2.45) is 0 Å². The van der Waals surface area contributed by atoms with Crippen LogP contribution in [0.15, 0.2) is 35.7 Å². The number of hydrogen-bond acceptors (Lipinski definition) is 1. The summed E-state index contributed by atoms with van der Waals surface area (Å²) in [6.07, 6.45) is 3.13. The average molecular weight is 178 g/mol. The molecule has 0 saturated heterocycles. The van der Waals surface area contributed by atoms with Gasteiger partial charge in [0.05, 0.1) is 0 Å². The monoisotopic (exact) mass is 178 g/mol. The molecule has 0 atom stereocenters. The van der Waals surface area contributed by atoms with Gasteiger partial charge >= 0.3 is 0 Å². The molecule has 0 spiro atoms. The van der Waals surface area contributed by atoms with Gasteiger partial charge in [0.25, 0.3) is 0 Å². The molecular formula is C11H14S. The molecule has 0 heterocycles. The molecule has 1 rings (SSSR count). The van der Waals surface area contributed by atoms with E-state index in [1.807, 2.05) is 23.9 Å². The van der Waals surface area contributed by atoms with Crippen molar-refractivity contribution in [1.82, 2.24) is 0 Å². The number of hydrogen-bond donors (Lipinski definition) is 0. The van der Waals surface area contributed by atoms with E-state index in [2.05, 4.69) is 31.7 Å². The minimum absolute atomic E-state index is 1.19. The fraction of sp³-hybridized carbons (Fsp3) is 0.273. The number of benzene rings is 1. The molecule has 1 aromatic carbocycles. The Morgan fingerprint density at radius 2 is 2.17 bits per heavy atom. The molecule has 1 heteroatoms. The zero-order valence-corrected chi connectivity index (χ0v) is 8.23. The van der Waals surface area contributed by atoms with Crippen LogP contribution in [-0.2, 0) is 0 Å². The smallest absolute Gasteiger partial charge is 0.0144 e. The summed E-state index contributed by atoms with van der Waals surface area (Å²) in [4.78, 5) is 1.34. The van der Waals surface area contributed by atoms with Crippen molar-refractivity contribution in [3.8, 4) is 0 Å². The Labute approximate surface area is 78.7 Å². The first-order valence-electron chi connectivity index (χ1n) is 4.22. The second-order valence-corrected chi connectivity index (χ2v) is 3.73. The minimum atomic E-state index is 1.19. The van der Waals surface area contributed by atoms with E-state index in [1.54, 1.807) is 0 Å². The number of rotatable bonds is 4. The van der Waals surface area contributed by atoms with Crippen molar-refractivity contribution >= 4 is 17.8 Å². The Morgan fingerprint density at radius 3 is 2.83 bits per heavy atom. The summed E-state index contributed by atoms with van der Waals surface area (Å²) in [6, 6.07) is 8.38. The molecular weight excluding hydrogens is 164 g/mol. The molecule has 0 fully saturated rings. The Morgan fingerprint density at radius 1 is 1.42 bits per heavy atom. The van der Waals surface area contributed by atoms with Crippen LogP contribution < -0.4 is 0 Å². The van der Waals surface area contributed by atoms with Crippen LogP contribution in [0.25, 0.3) is 6.08 Å². The Kier molecular flexibility index (Phi) is 3.95. The maximum atomic E-state index is 3.79. The van der Waals surface area contributed by atoms with E-state index in [9.17, 15) is 0 Å². The minimum Gasteiger partial charge on any atom is -0.126 e. The van der Waals surface area contributed by atoms with Gasteiger partial charge < -0.3 is 0 Å². The lowest BCUT2D eigenvalue weighted by Gasteiger charge is -2.03. The van der Waals surface area contributed by atoms with Gasteiger partial charge in [-0.2, -0.15) is 0 Å². The van der Waals surface area contributed by atoms with E-state index in [1.165, 1.54) is 22.6 Å². The quantitative estimate of drug-likeness (QED) is 0.631. The van der Waals surface area contributed by atoms with Crippen LogP contribution >= 0.6 is 11.8 Å². The van der Waals surface area contributed by atoms with Crippen LogP contribution in [0.4, 0.5) is 0 Å². The molecule has 0 bridgehead atoms. The summed E-state index contributed by atoms with van der Waals surface area (Å²) < 4.78 is 0. The summed E-state index contributed by atoms with van der Waals surface area (Å²) in [5, 5.41) is 0. The molecule has 0 saturated carbocycles. The highest BCUT2D eigenvalue weighted by Crippen LogP contribution is 2.23. The first-order chi connectivity index (χ1) is 5.88. The van der Waals surface area contributed by atoms with E-state index in [0.717, 1.165) is 0 Å². The molecule has 0 aliphatic heterocycles. The van der Waals surface area contributed by atoms with Crippen molar-refractivity contribution in [2.75, 3.05) is 5.75 Å². The molecule has 64 valence electrons. The van der Waals surface area contributed by atoms with Crippen LogP contribution in [0, 0.1) is 0 Å². The highest BCUT2D eigenvalue weighted by atomic mass is 32.2. The van der Waals surface area contributed by atoms with Crippen molar-refractivity contribution < 1.29 is 0 Å². The van der Waals surface area contributed by atoms with Gasteiger partial charge in [-0.1, -0.05) is 37.8 Å². The zero-order chi connectivity index (χ0) is 8.81. The average Bonchev–Trinajstić information content (AvgIpc) is 2.15. The van der Waals surface area contributed by atoms with Crippen molar-refractivity contribution in [3.63, 3.8) is 0 Å². The maximum Gasteiger partial charge on any atom is 0.0144 e. The summed E-state index contributed by atoms with van der Waals surface area (Å²) in [7, 11) is 0. The van der Waals surface area contributed by atoms with Gasteiger partial charge in [-0.15, -0.1) is 11.8 Å². The van der Waals surface area contributed by atoms with Gasteiger partial charge in [0.1, 0.15) is 0 Å². The first-order valence-corrected chi connectivity index (χ1v) is 5.21. The standard InChI is InChI=1S/C11H14S/c1-3-9-12-11-8-6-5-7-10(11)4-2/h4-8H,2-3,9H2,1H3. The molecule has 0 aliphatic carbocycles. The van der Waals surface area contributed by atoms with Gasteiger partial charge in [-0.3, -0.25) is 0 Å². The SMILES string of the molecule is C=Cc1ccccc1SCCC. The normalized spacial score (nSPS) is 9.75. The summed E-state index contributed by atoms with van der Waals surface area (Å²) in [5.74, 6) is 1.19. The predicted octanol–water partition coefficient (Wildman–Crippen LogP) is 3.83. The van der Waals surface area contributed by atoms with E-state index in [-0.39, 0.29) is 0 Å². The molecule has 0 aromatic heterocycles. The van der Waals surface area contributed by atoms with Crippen LogP contribution in [-0.4, -0.2) is 5.75 Å². The van der Waals surface area contributed by atoms with E-state index in [0.29, 0.717) is 0 Å². The Bertz CT molecular complexity index is 253. The van der Waals surface area contributed by atoms with Crippen molar-refractivity contribution in [2.45, 2.75) is 18.2 Å². The molecule has 0 N–H and O–H groups in total. The van der Waals surface area contributed by atoms with Crippen molar-refractivity contribution in [1.29, 1.82) is 0 Å². The van der Waals surface area contributed by atoms with E-state index < -0.39 is 0 Å². The van der Waals surface area contributed by atoms with Crippen molar-refractivity contribution in [3.05, 3.63) is 36.4 Å². The molecule has 0 unspecified atom stereocenters. The molecule has 1 aromatic rings.